The number of fused-ring (bicyclic) bond motifs is 1. The second-order valence-corrected chi connectivity index (χ2v) is 2.91. The molecule has 0 saturated carbocycles. The van der Waals surface area contributed by atoms with Crippen molar-refractivity contribution >= 4 is 24.2 Å². The third-order valence-electron chi connectivity index (χ3n) is 2.21. The summed E-state index contributed by atoms with van der Waals surface area (Å²) in [7, 11) is 0. The first kappa shape index (κ1) is 8.10. The summed E-state index contributed by atoms with van der Waals surface area (Å²) in [6.45, 7) is 2.16. The lowest BCUT2D eigenvalue weighted by Crippen LogP contribution is -2.31. The van der Waals surface area contributed by atoms with E-state index in [4.69, 9.17) is 0 Å². The van der Waals surface area contributed by atoms with Gasteiger partial charge in [0.05, 0.1) is 0 Å². The third-order valence-corrected chi connectivity index (χ3v) is 2.21. The van der Waals surface area contributed by atoms with Gasteiger partial charge >= 0.3 is 0 Å². The molecule has 0 N–H and O–H groups in total. The predicted molar refractivity (Wildman–Crippen MR) is 47.0 cm³/mol. The van der Waals surface area contributed by atoms with Crippen LogP contribution in [0.4, 0.5) is 0 Å². The lowest BCUT2D eigenvalue weighted by atomic mass is 10.1. The van der Waals surface area contributed by atoms with Crippen molar-refractivity contribution in [2.75, 3.05) is 6.54 Å². The molecule has 0 radical (unpaired) electrons. The van der Waals surface area contributed by atoms with E-state index in [1.165, 1.54) is 17.3 Å². The van der Waals surface area contributed by atoms with E-state index >= 15 is 0 Å². The Morgan fingerprint density at radius 2 is 1.69 bits per heavy atom. The van der Waals surface area contributed by atoms with Crippen LogP contribution in [0.15, 0.2) is 9.98 Å². The Morgan fingerprint density at radius 1 is 1.23 bits per heavy atom. The number of amides is 2. The highest BCUT2D eigenvalue weighted by atomic mass is 16.2. The van der Waals surface area contributed by atoms with Gasteiger partial charge in [-0.3, -0.25) is 24.5 Å². The van der Waals surface area contributed by atoms with E-state index in [0.717, 1.165) is 0 Å². The summed E-state index contributed by atoms with van der Waals surface area (Å²) in [6.07, 6.45) is 2.93. The number of likely N-dealkylation sites (N-methyl/N-ethyl adjacent to an activating group) is 1. The third kappa shape index (κ3) is 0.998. The molecule has 2 heterocycles. The lowest BCUT2D eigenvalue weighted by molar-refractivity contribution is -0.138. The van der Waals surface area contributed by atoms with Crippen molar-refractivity contribution in [1.29, 1.82) is 0 Å². The van der Waals surface area contributed by atoms with E-state index in [1.807, 2.05) is 0 Å². The summed E-state index contributed by atoms with van der Waals surface area (Å²) in [6, 6.07) is -1.20. The summed E-state index contributed by atoms with van der Waals surface area (Å²) in [5.41, 5.74) is 0. The number of aliphatic imine (C=N–C) groups is 2. The summed E-state index contributed by atoms with van der Waals surface area (Å²) >= 11 is 0. The number of hydrogen-bond acceptors (Lipinski definition) is 4. The highest BCUT2D eigenvalue weighted by Crippen LogP contribution is 2.20. The molecule has 1 fully saturated rings. The van der Waals surface area contributed by atoms with E-state index in [-0.39, 0.29) is 11.8 Å². The van der Waals surface area contributed by atoms with Crippen molar-refractivity contribution in [2.24, 2.45) is 9.98 Å². The molecule has 0 aromatic carbocycles. The van der Waals surface area contributed by atoms with Gasteiger partial charge in [0.25, 0.3) is 11.8 Å². The Labute approximate surface area is 75.2 Å². The molecular formula is C8H9N3O2. The predicted octanol–water partition coefficient (Wildman–Crippen LogP) is -0.733. The van der Waals surface area contributed by atoms with Crippen molar-refractivity contribution in [3.63, 3.8) is 0 Å². The van der Waals surface area contributed by atoms with Gasteiger partial charge < -0.3 is 0 Å². The molecule has 2 rings (SSSR count). The molecule has 0 aromatic heterocycles. The molecule has 68 valence electrons. The molecule has 2 amide bonds. The largest absolute Gasteiger partial charge is 0.279 e. The number of imide groups is 1. The summed E-state index contributed by atoms with van der Waals surface area (Å²) in [5.74, 6) is -0.462. The molecule has 13 heavy (non-hydrogen) atoms. The minimum atomic E-state index is -0.600. The molecule has 2 unspecified atom stereocenters. The molecule has 0 aromatic rings. The van der Waals surface area contributed by atoms with Crippen LogP contribution in [0.5, 0.6) is 0 Å². The van der Waals surface area contributed by atoms with Crippen LogP contribution in [0, 0.1) is 0 Å². The minimum absolute atomic E-state index is 0.231. The Balaban J connectivity index is 2.35. The summed E-state index contributed by atoms with van der Waals surface area (Å²) in [4.78, 5) is 32.1. The maximum absolute atomic E-state index is 11.5. The fourth-order valence-electron chi connectivity index (χ4n) is 1.56. The number of likely N-dealkylation sites (tertiary alicyclic amines) is 1. The lowest BCUT2D eigenvalue weighted by Gasteiger charge is -2.08. The van der Waals surface area contributed by atoms with Crippen LogP contribution in [0.2, 0.25) is 0 Å². The van der Waals surface area contributed by atoms with Crippen LogP contribution in [0.25, 0.3) is 0 Å². The van der Waals surface area contributed by atoms with Gasteiger partial charge in [-0.25, -0.2) is 0 Å². The zero-order valence-electron chi connectivity index (χ0n) is 7.17. The van der Waals surface area contributed by atoms with E-state index < -0.39 is 12.1 Å². The Morgan fingerprint density at radius 3 is 2.08 bits per heavy atom. The van der Waals surface area contributed by atoms with Crippen molar-refractivity contribution in [3.8, 4) is 0 Å². The van der Waals surface area contributed by atoms with Crippen molar-refractivity contribution in [3.05, 3.63) is 0 Å². The molecule has 0 spiro atoms. The fourth-order valence-corrected chi connectivity index (χ4v) is 1.56. The molecule has 5 heteroatoms. The Hall–Kier alpha value is -1.52. The van der Waals surface area contributed by atoms with Crippen LogP contribution in [-0.4, -0.2) is 47.8 Å². The Bertz CT molecular complexity index is 291. The molecule has 0 aliphatic carbocycles. The fraction of sp³-hybridized carbons (Fsp3) is 0.500. The molecule has 2 atom stereocenters. The monoisotopic (exact) mass is 179 g/mol. The van der Waals surface area contributed by atoms with E-state index in [0.29, 0.717) is 6.54 Å². The van der Waals surface area contributed by atoms with E-state index in [1.54, 1.807) is 6.92 Å². The average molecular weight is 179 g/mol. The average Bonchev–Trinajstić information content (AvgIpc) is 2.41. The van der Waals surface area contributed by atoms with Crippen LogP contribution in [0.1, 0.15) is 6.92 Å². The van der Waals surface area contributed by atoms with Crippen LogP contribution in [0.3, 0.4) is 0 Å². The highest BCUT2D eigenvalue weighted by Gasteiger charge is 2.47. The molecule has 5 nitrogen and oxygen atoms in total. The van der Waals surface area contributed by atoms with Crippen molar-refractivity contribution in [2.45, 2.75) is 19.0 Å². The number of hydrogen-bond donors (Lipinski definition) is 0. The van der Waals surface area contributed by atoms with Gasteiger partial charge in [0.2, 0.25) is 0 Å². The molecule has 0 bridgehead atoms. The quantitative estimate of drug-likeness (QED) is 0.498. The maximum Gasteiger partial charge on any atom is 0.256 e. The standard InChI is InChI=1S/C8H9N3O2/c1-2-11-7(12)5-6(8(11)13)10-4-3-9-5/h3-6H,2H2,1H3. The van der Waals surface area contributed by atoms with Crippen LogP contribution in [-0.2, 0) is 9.59 Å². The van der Waals surface area contributed by atoms with E-state index in [2.05, 4.69) is 9.98 Å². The van der Waals surface area contributed by atoms with Gasteiger partial charge in [-0.1, -0.05) is 0 Å². The highest BCUT2D eigenvalue weighted by molar-refractivity contribution is 6.20. The van der Waals surface area contributed by atoms with Gasteiger partial charge in [0, 0.05) is 19.0 Å². The normalized spacial score (nSPS) is 31.3. The second-order valence-electron chi connectivity index (χ2n) is 2.91. The molecule has 2 aliphatic rings. The number of carbonyl (C=O) groups excluding carboxylic acids is 2. The first-order valence-corrected chi connectivity index (χ1v) is 4.16. The number of nitrogens with zero attached hydrogens (tertiary/aromatic N) is 3. The first-order chi connectivity index (χ1) is 6.25. The first-order valence-electron chi connectivity index (χ1n) is 4.16. The van der Waals surface area contributed by atoms with Gasteiger partial charge in [0.15, 0.2) is 12.1 Å². The van der Waals surface area contributed by atoms with Crippen LogP contribution < -0.4 is 0 Å². The van der Waals surface area contributed by atoms with Gasteiger partial charge in [-0.15, -0.1) is 0 Å². The van der Waals surface area contributed by atoms with Gasteiger partial charge in [-0.05, 0) is 6.92 Å². The van der Waals surface area contributed by atoms with E-state index in [9.17, 15) is 9.59 Å². The van der Waals surface area contributed by atoms with Gasteiger partial charge in [0.1, 0.15) is 0 Å². The maximum atomic E-state index is 11.5. The smallest absolute Gasteiger partial charge is 0.256 e. The Kier molecular flexibility index (Phi) is 1.72. The van der Waals surface area contributed by atoms with Gasteiger partial charge in [-0.2, -0.15) is 0 Å². The topological polar surface area (TPSA) is 62.1 Å². The second kappa shape index (κ2) is 2.76. The number of carbonyl (C=O) groups is 2. The number of rotatable bonds is 1. The molecular weight excluding hydrogens is 170 g/mol. The van der Waals surface area contributed by atoms with Crippen LogP contribution >= 0.6 is 0 Å². The SMILES string of the molecule is CCN1C(=O)C2N=CC=NC2C1=O. The summed E-state index contributed by atoms with van der Waals surface area (Å²) in [5, 5.41) is 0. The van der Waals surface area contributed by atoms with Crippen molar-refractivity contribution < 1.29 is 9.59 Å². The molecule has 1 saturated heterocycles. The minimum Gasteiger partial charge on any atom is -0.279 e. The zero-order valence-corrected chi connectivity index (χ0v) is 7.17. The zero-order chi connectivity index (χ0) is 9.42. The summed E-state index contributed by atoms with van der Waals surface area (Å²) < 4.78 is 0. The molecule has 2 aliphatic heterocycles. The van der Waals surface area contributed by atoms with Crippen molar-refractivity contribution in [1.82, 2.24) is 4.90 Å².